The SMILES string of the molecule is C#CC/C=C\C(C)=C/C.CC. The second-order valence-corrected chi connectivity index (χ2v) is 1.84. The van der Waals surface area contributed by atoms with Crippen LogP contribution in [0.1, 0.15) is 34.1 Å². The molecule has 0 aliphatic rings. The van der Waals surface area contributed by atoms with Crippen molar-refractivity contribution < 1.29 is 0 Å². The summed E-state index contributed by atoms with van der Waals surface area (Å²) < 4.78 is 0. The molecule has 0 saturated carbocycles. The molecule has 0 amide bonds. The van der Waals surface area contributed by atoms with Crippen LogP contribution in [0.15, 0.2) is 23.8 Å². The van der Waals surface area contributed by atoms with Crippen molar-refractivity contribution in [2.24, 2.45) is 0 Å². The molecule has 0 saturated heterocycles. The summed E-state index contributed by atoms with van der Waals surface area (Å²) in [6, 6.07) is 0. The second kappa shape index (κ2) is 11.8. The van der Waals surface area contributed by atoms with Crippen molar-refractivity contribution in [3.05, 3.63) is 23.8 Å². The minimum Gasteiger partial charge on any atom is -0.120 e. The lowest BCUT2D eigenvalue weighted by molar-refractivity contribution is 1.41. The van der Waals surface area contributed by atoms with Crippen molar-refractivity contribution in [1.82, 2.24) is 0 Å². The highest BCUT2D eigenvalue weighted by Gasteiger charge is 1.73. The fourth-order valence-electron chi connectivity index (χ4n) is 0.409. The summed E-state index contributed by atoms with van der Waals surface area (Å²) in [7, 11) is 0. The lowest BCUT2D eigenvalue weighted by Crippen LogP contribution is -1.64. The Kier molecular flexibility index (Phi) is 13.6. The first-order chi connectivity index (χ1) is 5.31. The van der Waals surface area contributed by atoms with Gasteiger partial charge in [-0.3, -0.25) is 0 Å². The molecule has 0 heterocycles. The van der Waals surface area contributed by atoms with Crippen LogP contribution in [0.25, 0.3) is 0 Å². The van der Waals surface area contributed by atoms with E-state index in [1.54, 1.807) is 0 Å². The normalized spacial score (nSPS) is 10.3. The van der Waals surface area contributed by atoms with Crippen LogP contribution in [0, 0.1) is 12.3 Å². The Labute approximate surface area is 71.0 Å². The van der Waals surface area contributed by atoms with Crippen molar-refractivity contribution in [1.29, 1.82) is 0 Å². The highest BCUT2D eigenvalue weighted by atomic mass is 13.8. The molecule has 11 heavy (non-hydrogen) atoms. The van der Waals surface area contributed by atoms with Crippen LogP contribution in [0.3, 0.4) is 0 Å². The average Bonchev–Trinajstić information content (AvgIpc) is 2.08. The van der Waals surface area contributed by atoms with Crippen molar-refractivity contribution in [3.8, 4) is 12.3 Å². The van der Waals surface area contributed by atoms with Gasteiger partial charge in [0.2, 0.25) is 0 Å². The maximum atomic E-state index is 5.04. The molecule has 62 valence electrons. The molecule has 0 aromatic rings. The molecular weight excluding hydrogens is 132 g/mol. The third-order valence-electron chi connectivity index (χ3n) is 1.07. The van der Waals surface area contributed by atoms with Crippen LogP contribution in [-0.4, -0.2) is 0 Å². The zero-order valence-corrected chi connectivity index (χ0v) is 8.02. The molecule has 0 N–H and O–H groups in total. The molecule has 0 unspecified atom stereocenters. The summed E-state index contributed by atoms with van der Waals surface area (Å²) in [5.41, 5.74) is 1.25. The fourth-order valence-corrected chi connectivity index (χ4v) is 0.409. The molecular formula is C11H18. The quantitative estimate of drug-likeness (QED) is 0.417. The van der Waals surface area contributed by atoms with Crippen LogP contribution < -0.4 is 0 Å². The van der Waals surface area contributed by atoms with Gasteiger partial charge in [0.25, 0.3) is 0 Å². The van der Waals surface area contributed by atoms with E-state index >= 15 is 0 Å². The van der Waals surface area contributed by atoms with Gasteiger partial charge in [0, 0.05) is 6.42 Å². The molecule has 0 aliphatic carbocycles. The smallest absolute Gasteiger partial charge is 0.0270 e. The molecule has 0 aromatic heterocycles. The van der Waals surface area contributed by atoms with E-state index in [1.807, 2.05) is 45.9 Å². The van der Waals surface area contributed by atoms with Gasteiger partial charge in [-0.05, 0) is 13.8 Å². The van der Waals surface area contributed by atoms with Crippen LogP contribution in [0.4, 0.5) is 0 Å². The van der Waals surface area contributed by atoms with E-state index in [-0.39, 0.29) is 0 Å². The number of terminal acetylenes is 1. The molecule has 0 bridgehead atoms. The van der Waals surface area contributed by atoms with Crippen LogP contribution in [-0.2, 0) is 0 Å². The van der Waals surface area contributed by atoms with E-state index in [0.717, 1.165) is 6.42 Å². The number of hydrogen-bond donors (Lipinski definition) is 0. The zero-order valence-electron chi connectivity index (χ0n) is 8.02. The summed E-state index contributed by atoms with van der Waals surface area (Å²) >= 11 is 0. The van der Waals surface area contributed by atoms with Gasteiger partial charge in [-0.1, -0.05) is 37.6 Å². The number of allylic oxidation sites excluding steroid dienone is 4. The Bertz CT molecular complexity index is 153. The van der Waals surface area contributed by atoms with Gasteiger partial charge >= 0.3 is 0 Å². The molecule has 0 rings (SSSR count). The lowest BCUT2D eigenvalue weighted by Gasteiger charge is -1.84. The minimum atomic E-state index is 0.727. The van der Waals surface area contributed by atoms with Crippen molar-refractivity contribution in [3.63, 3.8) is 0 Å². The minimum absolute atomic E-state index is 0.727. The summed E-state index contributed by atoms with van der Waals surface area (Å²) in [6.07, 6.45) is 11.8. The largest absolute Gasteiger partial charge is 0.120 e. The van der Waals surface area contributed by atoms with E-state index in [2.05, 4.69) is 5.92 Å². The monoisotopic (exact) mass is 150 g/mol. The molecule has 0 radical (unpaired) electrons. The summed E-state index contributed by atoms with van der Waals surface area (Å²) in [4.78, 5) is 0. The Morgan fingerprint density at radius 1 is 1.45 bits per heavy atom. The van der Waals surface area contributed by atoms with E-state index in [1.165, 1.54) is 5.57 Å². The van der Waals surface area contributed by atoms with Gasteiger partial charge < -0.3 is 0 Å². The van der Waals surface area contributed by atoms with Crippen LogP contribution >= 0.6 is 0 Å². The molecule has 0 fully saturated rings. The predicted molar refractivity (Wildman–Crippen MR) is 53.4 cm³/mol. The second-order valence-electron chi connectivity index (χ2n) is 1.84. The Hall–Kier alpha value is -0.960. The maximum Gasteiger partial charge on any atom is 0.0270 e. The van der Waals surface area contributed by atoms with Crippen molar-refractivity contribution in [2.45, 2.75) is 34.1 Å². The third-order valence-corrected chi connectivity index (χ3v) is 1.07. The molecule has 0 atom stereocenters. The first-order valence-electron chi connectivity index (χ1n) is 4.04. The van der Waals surface area contributed by atoms with E-state index in [4.69, 9.17) is 6.42 Å². The van der Waals surface area contributed by atoms with E-state index in [9.17, 15) is 0 Å². The number of hydrogen-bond acceptors (Lipinski definition) is 0. The van der Waals surface area contributed by atoms with Crippen LogP contribution in [0.5, 0.6) is 0 Å². The highest BCUT2D eigenvalue weighted by molar-refractivity contribution is 5.16. The topological polar surface area (TPSA) is 0 Å². The van der Waals surface area contributed by atoms with Crippen molar-refractivity contribution >= 4 is 0 Å². The molecule has 0 aromatic carbocycles. The molecule has 0 nitrogen and oxygen atoms in total. The molecule has 0 spiro atoms. The number of rotatable bonds is 2. The average molecular weight is 150 g/mol. The molecule has 0 heteroatoms. The van der Waals surface area contributed by atoms with Gasteiger partial charge in [0.05, 0.1) is 0 Å². The predicted octanol–water partition coefficient (Wildman–Crippen LogP) is 3.56. The van der Waals surface area contributed by atoms with Gasteiger partial charge in [-0.15, -0.1) is 12.3 Å². The highest BCUT2D eigenvalue weighted by Crippen LogP contribution is 1.93. The Morgan fingerprint density at radius 2 is 2.00 bits per heavy atom. The van der Waals surface area contributed by atoms with Crippen molar-refractivity contribution in [2.75, 3.05) is 0 Å². The summed E-state index contributed by atoms with van der Waals surface area (Å²) in [6.45, 7) is 8.06. The first-order valence-corrected chi connectivity index (χ1v) is 4.04. The Morgan fingerprint density at radius 3 is 2.36 bits per heavy atom. The molecule has 0 aliphatic heterocycles. The van der Waals surface area contributed by atoms with Crippen LogP contribution in [0.2, 0.25) is 0 Å². The lowest BCUT2D eigenvalue weighted by atomic mass is 10.2. The van der Waals surface area contributed by atoms with E-state index in [0.29, 0.717) is 0 Å². The van der Waals surface area contributed by atoms with Gasteiger partial charge in [-0.25, -0.2) is 0 Å². The third kappa shape index (κ3) is 12.3. The maximum absolute atomic E-state index is 5.04. The van der Waals surface area contributed by atoms with Gasteiger partial charge in [-0.2, -0.15) is 0 Å². The standard InChI is InChI=1S/C9H12.C2H6/c1-4-6-7-8-9(3)5-2;1-2/h1,5,7-8H,6H2,2-3H3;1-2H3/b8-7-,9-5-;. The van der Waals surface area contributed by atoms with Gasteiger partial charge in [0.15, 0.2) is 0 Å². The van der Waals surface area contributed by atoms with E-state index < -0.39 is 0 Å². The summed E-state index contributed by atoms with van der Waals surface area (Å²) in [5.74, 6) is 2.53. The zero-order chi connectivity index (χ0) is 9.11. The first kappa shape index (κ1) is 12.7. The van der Waals surface area contributed by atoms with Gasteiger partial charge in [0.1, 0.15) is 0 Å². The fraction of sp³-hybridized carbons (Fsp3) is 0.455. The summed E-state index contributed by atoms with van der Waals surface area (Å²) in [5, 5.41) is 0. The Balaban J connectivity index is 0.